The van der Waals surface area contributed by atoms with Gasteiger partial charge in [-0.1, -0.05) is 103 Å². The number of aromatic nitrogens is 4. The van der Waals surface area contributed by atoms with E-state index >= 15 is 0 Å². The summed E-state index contributed by atoms with van der Waals surface area (Å²) in [5, 5.41) is 2.52. The van der Waals surface area contributed by atoms with E-state index in [1.807, 2.05) is 18.3 Å². The lowest BCUT2D eigenvalue weighted by Gasteiger charge is -2.38. The van der Waals surface area contributed by atoms with Gasteiger partial charge in [0.15, 0.2) is 5.82 Å². The van der Waals surface area contributed by atoms with Crippen LogP contribution in [0.1, 0.15) is 41.1 Å². The molecule has 0 saturated heterocycles. The molecule has 206 valence electrons. The number of benzene rings is 4. The van der Waals surface area contributed by atoms with Crippen molar-refractivity contribution in [3.05, 3.63) is 162 Å². The normalized spacial score (nSPS) is 17.5. The Hall–Kier alpha value is -5.61. The molecular formula is C40H26N4. The van der Waals surface area contributed by atoms with Gasteiger partial charge in [-0.2, -0.15) is 0 Å². The maximum atomic E-state index is 5.60. The number of rotatable bonds is 2. The molecule has 1 atom stereocenters. The van der Waals surface area contributed by atoms with Crippen LogP contribution in [0.15, 0.2) is 134 Å². The van der Waals surface area contributed by atoms with Crippen molar-refractivity contribution in [2.45, 2.75) is 18.3 Å². The first-order valence-electron chi connectivity index (χ1n) is 15.3. The molecule has 0 bridgehead atoms. The zero-order valence-electron chi connectivity index (χ0n) is 23.9. The Labute approximate surface area is 254 Å². The Balaban J connectivity index is 1.44. The van der Waals surface area contributed by atoms with Crippen molar-refractivity contribution in [3.63, 3.8) is 0 Å². The molecule has 0 N–H and O–H groups in total. The van der Waals surface area contributed by atoms with Gasteiger partial charge in [0.25, 0.3) is 0 Å². The Morgan fingerprint density at radius 3 is 2.34 bits per heavy atom. The predicted octanol–water partition coefficient (Wildman–Crippen LogP) is 9.05. The number of allylic oxidation sites excluding steroid dienone is 4. The number of pyridine rings is 1. The summed E-state index contributed by atoms with van der Waals surface area (Å²) >= 11 is 0. The summed E-state index contributed by atoms with van der Waals surface area (Å²) in [6, 6.07) is 39.4. The van der Waals surface area contributed by atoms with Gasteiger partial charge < -0.3 is 4.57 Å². The molecular weight excluding hydrogens is 536 g/mol. The van der Waals surface area contributed by atoms with Crippen LogP contribution in [0, 0.1) is 0 Å². The second kappa shape index (κ2) is 8.71. The van der Waals surface area contributed by atoms with Gasteiger partial charge in [-0.15, -0.1) is 0 Å². The monoisotopic (exact) mass is 562 g/mol. The molecule has 1 aliphatic heterocycles. The maximum absolute atomic E-state index is 5.60. The molecule has 0 saturated carbocycles. The van der Waals surface area contributed by atoms with E-state index in [2.05, 4.69) is 120 Å². The van der Waals surface area contributed by atoms with Crippen LogP contribution in [0.2, 0.25) is 0 Å². The molecule has 4 aromatic carbocycles. The lowest BCUT2D eigenvalue weighted by atomic mass is 9.67. The molecule has 3 aliphatic rings. The van der Waals surface area contributed by atoms with E-state index in [0.717, 1.165) is 46.9 Å². The molecule has 4 nitrogen and oxygen atoms in total. The fourth-order valence-electron chi connectivity index (χ4n) is 7.99. The second-order valence-corrected chi connectivity index (χ2v) is 11.8. The van der Waals surface area contributed by atoms with Crippen molar-refractivity contribution in [2.24, 2.45) is 0 Å². The molecule has 4 heterocycles. The van der Waals surface area contributed by atoms with Gasteiger partial charge in [0, 0.05) is 28.1 Å². The van der Waals surface area contributed by atoms with Crippen molar-refractivity contribution in [1.82, 2.24) is 19.5 Å². The fraction of sp³-hybridized carbons (Fsp3) is 0.0750. The highest BCUT2D eigenvalue weighted by atomic mass is 15.0. The molecule has 10 rings (SSSR count). The Morgan fingerprint density at radius 1 is 0.659 bits per heavy atom. The number of para-hydroxylation sites is 3. The van der Waals surface area contributed by atoms with Crippen molar-refractivity contribution in [2.75, 3.05) is 0 Å². The first-order chi connectivity index (χ1) is 21.9. The average Bonchev–Trinajstić information content (AvgIpc) is 3.59. The SMILES string of the molecule is C1=CC(c2nc(-c3ccccn3)c3c(n2)C2(c4ccccc4-3)c3ccccc3-n3c4ccccc4c4cccc2c43)=CCC1. The number of fused-ring (bicyclic) bond motifs is 12. The van der Waals surface area contributed by atoms with Crippen LogP contribution in [0.25, 0.3) is 55.6 Å². The third-order valence-electron chi connectivity index (χ3n) is 9.67. The highest BCUT2D eigenvalue weighted by molar-refractivity contribution is 6.13. The van der Waals surface area contributed by atoms with Gasteiger partial charge in [-0.25, -0.2) is 9.97 Å². The molecule has 0 amide bonds. The Bertz CT molecular complexity index is 2400. The molecule has 44 heavy (non-hydrogen) atoms. The van der Waals surface area contributed by atoms with E-state index in [-0.39, 0.29) is 0 Å². The average molecular weight is 563 g/mol. The minimum absolute atomic E-state index is 0.632. The minimum Gasteiger partial charge on any atom is -0.309 e. The first-order valence-corrected chi connectivity index (χ1v) is 15.3. The lowest BCUT2D eigenvalue weighted by molar-refractivity contribution is 0.717. The van der Waals surface area contributed by atoms with Gasteiger partial charge in [0.1, 0.15) is 5.69 Å². The maximum Gasteiger partial charge on any atom is 0.159 e. The Morgan fingerprint density at radius 2 is 1.45 bits per heavy atom. The van der Waals surface area contributed by atoms with E-state index in [4.69, 9.17) is 15.0 Å². The zero-order valence-corrected chi connectivity index (χ0v) is 23.9. The number of nitrogens with zero attached hydrogens (tertiary/aromatic N) is 4. The van der Waals surface area contributed by atoms with Gasteiger partial charge in [0.2, 0.25) is 0 Å². The zero-order chi connectivity index (χ0) is 28.8. The van der Waals surface area contributed by atoms with Crippen LogP contribution in [0.3, 0.4) is 0 Å². The summed E-state index contributed by atoms with van der Waals surface area (Å²) in [7, 11) is 0. The third-order valence-corrected chi connectivity index (χ3v) is 9.67. The number of hydrogen-bond donors (Lipinski definition) is 0. The van der Waals surface area contributed by atoms with Crippen LogP contribution in [0.4, 0.5) is 0 Å². The van der Waals surface area contributed by atoms with Gasteiger partial charge >= 0.3 is 0 Å². The summed E-state index contributed by atoms with van der Waals surface area (Å²) in [5.74, 6) is 0.753. The summed E-state index contributed by atoms with van der Waals surface area (Å²) in [6.45, 7) is 0. The molecule has 2 aliphatic carbocycles. The topological polar surface area (TPSA) is 43.6 Å². The summed E-state index contributed by atoms with van der Waals surface area (Å²) in [6.07, 6.45) is 10.6. The summed E-state index contributed by atoms with van der Waals surface area (Å²) in [4.78, 5) is 15.7. The van der Waals surface area contributed by atoms with Crippen LogP contribution < -0.4 is 0 Å². The van der Waals surface area contributed by atoms with Crippen LogP contribution in [0.5, 0.6) is 0 Å². The fourth-order valence-corrected chi connectivity index (χ4v) is 7.99. The molecule has 0 radical (unpaired) electrons. The molecule has 1 unspecified atom stereocenters. The Kier molecular flexibility index (Phi) is 4.73. The van der Waals surface area contributed by atoms with E-state index in [1.165, 1.54) is 49.7 Å². The highest BCUT2D eigenvalue weighted by Crippen LogP contribution is 2.61. The standard InChI is InChI=1S/C40H26N4/c1-2-13-25(14-3-1)39-42-36(32-21-10-11-24-41-32)35-28-16-4-6-18-29(28)40(38(35)43-39)30-19-7-9-23-34(30)44-33-22-8-5-15-26(33)27-17-12-20-31(40)37(27)44/h2,4-24H,1,3H2. The summed E-state index contributed by atoms with van der Waals surface area (Å²) < 4.78 is 2.47. The van der Waals surface area contributed by atoms with Gasteiger partial charge in [0.05, 0.1) is 33.5 Å². The van der Waals surface area contributed by atoms with Crippen molar-refractivity contribution in [3.8, 4) is 28.2 Å². The van der Waals surface area contributed by atoms with E-state index in [1.54, 1.807) is 0 Å². The third kappa shape index (κ3) is 2.90. The second-order valence-electron chi connectivity index (χ2n) is 11.8. The summed E-state index contributed by atoms with van der Waals surface area (Å²) in [5.41, 5.74) is 12.8. The van der Waals surface area contributed by atoms with E-state index in [0.29, 0.717) is 0 Å². The predicted molar refractivity (Wildman–Crippen MR) is 177 cm³/mol. The molecule has 0 fully saturated rings. The number of hydrogen-bond acceptors (Lipinski definition) is 3. The molecule has 4 heteroatoms. The van der Waals surface area contributed by atoms with Crippen molar-refractivity contribution in [1.29, 1.82) is 0 Å². The van der Waals surface area contributed by atoms with Crippen molar-refractivity contribution >= 4 is 27.4 Å². The molecule has 7 aromatic rings. The van der Waals surface area contributed by atoms with E-state index < -0.39 is 5.41 Å². The van der Waals surface area contributed by atoms with Crippen LogP contribution in [-0.2, 0) is 5.41 Å². The quantitative estimate of drug-likeness (QED) is 0.211. The van der Waals surface area contributed by atoms with E-state index in [9.17, 15) is 0 Å². The smallest absolute Gasteiger partial charge is 0.159 e. The highest BCUT2D eigenvalue weighted by Gasteiger charge is 2.53. The largest absolute Gasteiger partial charge is 0.309 e. The lowest BCUT2D eigenvalue weighted by Crippen LogP contribution is -2.34. The first kappa shape index (κ1) is 23.9. The van der Waals surface area contributed by atoms with Gasteiger partial charge in [-0.05, 0) is 59.4 Å². The van der Waals surface area contributed by atoms with Gasteiger partial charge in [-0.3, -0.25) is 4.98 Å². The van der Waals surface area contributed by atoms with Crippen LogP contribution >= 0.6 is 0 Å². The molecule has 3 aromatic heterocycles. The van der Waals surface area contributed by atoms with Crippen LogP contribution in [-0.4, -0.2) is 19.5 Å². The van der Waals surface area contributed by atoms with Crippen molar-refractivity contribution < 1.29 is 0 Å². The minimum atomic E-state index is -0.632. The molecule has 1 spiro atoms.